The van der Waals surface area contributed by atoms with Gasteiger partial charge in [-0.1, -0.05) is 6.07 Å². The molecule has 2 aliphatic heterocycles. The topological polar surface area (TPSA) is 79.0 Å². The summed E-state index contributed by atoms with van der Waals surface area (Å²) < 4.78 is 19.0. The number of carbonyl (C=O) groups excluding carboxylic acids is 3. The molecule has 1 aromatic heterocycles. The van der Waals surface area contributed by atoms with Crippen molar-refractivity contribution in [2.45, 2.75) is 25.3 Å². The van der Waals surface area contributed by atoms with Gasteiger partial charge >= 0.3 is 6.09 Å². The maximum Gasteiger partial charge on any atom is 0.414 e. The molecule has 3 heterocycles. The second-order valence-electron chi connectivity index (χ2n) is 6.92. The Morgan fingerprint density at radius 2 is 2.14 bits per heavy atom. The lowest BCUT2D eigenvalue weighted by atomic mass is 10.1. The van der Waals surface area contributed by atoms with Crippen LogP contribution in [0.5, 0.6) is 0 Å². The van der Waals surface area contributed by atoms with Crippen molar-refractivity contribution in [2.24, 2.45) is 0 Å². The molecule has 1 N–H and O–H groups in total. The molecule has 1 atom stereocenters. The fourth-order valence-electron chi connectivity index (χ4n) is 3.64. The number of nitrogens with zero attached hydrogens (tertiary/aromatic N) is 2. The van der Waals surface area contributed by atoms with E-state index in [-0.39, 0.29) is 37.1 Å². The first-order chi connectivity index (χ1) is 14.0. The average molecular weight is 417 g/mol. The van der Waals surface area contributed by atoms with Crippen molar-refractivity contribution in [1.29, 1.82) is 0 Å². The smallest absolute Gasteiger partial charge is 0.414 e. The third kappa shape index (κ3) is 4.09. The first-order valence-corrected chi connectivity index (χ1v) is 10.3. The zero-order valence-corrected chi connectivity index (χ0v) is 16.4. The average Bonchev–Trinajstić information content (AvgIpc) is 3.44. The third-order valence-corrected chi connectivity index (χ3v) is 5.92. The highest BCUT2D eigenvalue weighted by molar-refractivity contribution is 7.10. The molecule has 4 rings (SSSR count). The number of benzene rings is 1. The molecule has 9 heteroatoms. The summed E-state index contributed by atoms with van der Waals surface area (Å²) >= 11 is 1.51. The Balaban J connectivity index is 1.45. The summed E-state index contributed by atoms with van der Waals surface area (Å²) in [4.78, 5) is 40.9. The monoisotopic (exact) mass is 417 g/mol. The van der Waals surface area contributed by atoms with Crippen LogP contribution in [0.3, 0.4) is 0 Å². The fraction of sp³-hybridized carbons (Fsp3) is 0.350. The largest absolute Gasteiger partial charge is 0.447 e. The van der Waals surface area contributed by atoms with Crippen molar-refractivity contribution in [3.05, 3.63) is 46.4 Å². The van der Waals surface area contributed by atoms with Crippen LogP contribution in [0.15, 0.2) is 35.7 Å². The summed E-state index contributed by atoms with van der Waals surface area (Å²) in [6.07, 6.45) is 0.990. The van der Waals surface area contributed by atoms with E-state index >= 15 is 0 Å². The summed E-state index contributed by atoms with van der Waals surface area (Å²) in [5.74, 6) is -0.969. The number of ether oxygens (including phenoxy) is 1. The number of nitrogens with one attached hydrogen (secondary N) is 1. The predicted molar refractivity (Wildman–Crippen MR) is 106 cm³/mol. The molecule has 0 spiro atoms. The van der Waals surface area contributed by atoms with Crippen LogP contribution in [0.25, 0.3) is 0 Å². The van der Waals surface area contributed by atoms with Gasteiger partial charge in [0.1, 0.15) is 18.5 Å². The summed E-state index contributed by atoms with van der Waals surface area (Å²) in [7, 11) is 0. The Morgan fingerprint density at radius 3 is 2.86 bits per heavy atom. The zero-order valence-electron chi connectivity index (χ0n) is 15.6. The highest BCUT2D eigenvalue weighted by Gasteiger charge is 2.34. The molecule has 0 aliphatic carbocycles. The van der Waals surface area contributed by atoms with Crippen molar-refractivity contribution >= 4 is 40.6 Å². The van der Waals surface area contributed by atoms with Crippen LogP contribution in [0.2, 0.25) is 0 Å². The SMILES string of the molecule is O=C(Nc1ccc(F)c(N2CCOC2=O)c1)C1CCCN1C(=O)Cc1cccs1. The van der Waals surface area contributed by atoms with E-state index < -0.39 is 18.0 Å². The Morgan fingerprint density at radius 1 is 1.28 bits per heavy atom. The second-order valence-corrected chi connectivity index (χ2v) is 7.95. The Kier molecular flexibility index (Phi) is 5.48. The minimum absolute atomic E-state index is 0.0577. The van der Waals surface area contributed by atoms with Gasteiger partial charge < -0.3 is 15.0 Å². The quantitative estimate of drug-likeness (QED) is 0.811. The first-order valence-electron chi connectivity index (χ1n) is 9.39. The molecule has 152 valence electrons. The minimum atomic E-state index is -0.617. The van der Waals surface area contributed by atoms with Crippen LogP contribution in [-0.2, 0) is 20.7 Å². The first kappa shape index (κ1) is 19.4. The third-order valence-electron chi connectivity index (χ3n) is 5.05. The highest BCUT2D eigenvalue weighted by Crippen LogP contribution is 2.27. The Hall–Kier alpha value is -2.94. The molecule has 2 fully saturated rings. The van der Waals surface area contributed by atoms with Gasteiger partial charge in [-0.3, -0.25) is 14.5 Å². The van der Waals surface area contributed by atoms with Gasteiger partial charge in [0, 0.05) is 17.1 Å². The summed E-state index contributed by atoms with van der Waals surface area (Å²) in [6, 6.07) is 7.27. The summed E-state index contributed by atoms with van der Waals surface area (Å²) in [5.41, 5.74) is 0.422. The number of hydrogen-bond donors (Lipinski definition) is 1. The van der Waals surface area contributed by atoms with E-state index in [0.29, 0.717) is 18.7 Å². The number of anilines is 2. The van der Waals surface area contributed by atoms with Gasteiger partial charge in [-0.25, -0.2) is 9.18 Å². The van der Waals surface area contributed by atoms with Gasteiger partial charge in [0.2, 0.25) is 11.8 Å². The highest BCUT2D eigenvalue weighted by atomic mass is 32.1. The van der Waals surface area contributed by atoms with Crippen LogP contribution in [0.1, 0.15) is 17.7 Å². The molecule has 0 bridgehead atoms. The Bertz CT molecular complexity index is 934. The number of carbonyl (C=O) groups is 3. The molecule has 2 aromatic rings. The lowest BCUT2D eigenvalue weighted by Gasteiger charge is -2.24. The molecule has 7 nitrogen and oxygen atoms in total. The van der Waals surface area contributed by atoms with Gasteiger partial charge in [-0.2, -0.15) is 0 Å². The molecular formula is C20H20FN3O4S. The van der Waals surface area contributed by atoms with Crippen molar-refractivity contribution in [2.75, 3.05) is 29.9 Å². The van der Waals surface area contributed by atoms with Crippen molar-refractivity contribution in [3.8, 4) is 0 Å². The van der Waals surface area contributed by atoms with E-state index in [2.05, 4.69) is 5.32 Å². The molecule has 2 saturated heterocycles. The van der Waals surface area contributed by atoms with Crippen LogP contribution in [0.4, 0.5) is 20.6 Å². The molecule has 1 aromatic carbocycles. The van der Waals surface area contributed by atoms with E-state index in [1.807, 2.05) is 17.5 Å². The summed E-state index contributed by atoms with van der Waals surface area (Å²) in [5, 5.41) is 4.67. The molecule has 29 heavy (non-hydrogen) atoms. The van der Waals surface area contributed by atoms with Crippen molar-refractivity contribution in [1.82, 2.24) is 4.90 Å². The number of halogens is 1. The molecule has 3 amide bonds. The lowest BCUT2D eigenvalue weighted by Crippen LogP contribution is -2.43. The maximum absolute atomic E-state index is 14.2. The molecule has 1 unspecified atom stereocenters. The van der Waals surface area contributed by atoms with Crippen molar-refractivity contribution < 1.29 is 23.5 Å². The van der Waals surface area contributed by atoms with E-state index in [9.17, 15) is 18.8 Å². The number of likely N-dealkylation sites (tertiary alicyclic amines) is 1. The van der Waals surface area contributed by atoms with E-state index in [4.69, 9.17) is 4.74 Å². The number of rotatable bonds is 5. The van der Waals surface area contributed by atoms with Gasteiger partial charge in [0.05, 0.1) is 18.7 Å². The molecular weight excluding hydrogens is 397 g/mol. The van der Waals surface area contributed by atoms with Gasteiger partial charge in [0.25, 0.3) is 0 Å². The maximum atomic E-state index is 14.2. The van der Waals surface area contributed by atoms with Crippen LogP contribution in [-0.4, -0.2) is 48.5 Å². The normalized spacial score (nSPS) is 18.8. The van der Waals surface area contributed by atoms with Gasteiger partial charge in [-0.15, -0.1) is 11.3 Å². The van der Waals surface area contributed by atoms with Crippen LogP contribution >= 0.6 is 11.3 Å². The second kappa shape index (κ2) is 8.20. The van der Waals surface area contributed by atoms with Crippen LogP contribution in [0, 0.1) is 5.82 Å². The van der Waals surface area contributed by atoms with Crippen molar-refractivity contribution in [3.63, 3.8) is 0 Å². The standard InChI is InChI=1S/C20H20FN3O4S/c21-15-6-5-13(11-17(15)24-8-9-28-20(24)27)22-19(26)16-4-1-7-23(16)18(25)12-14-3-2-10-29-14/h2-3,5-6,10-11,16H,1,4,7-9,12H2,(H,22,26). The zero-order chi connectivity index (χ0) is 20.4. The minimum Gasteiger partial charge on any atom is -0.447 e. The number of hydrogen-bond acceptors (Lipinski definition) is 5. The number of cyclic esters (lactones) is 1. The molecule has 0 radical (unpaired) electrons. The lowest BCUT2D eigenvalue weighted by molar-refractivity contribution is -0.136. The number of amides is 3. The predicted octanol–water partition coefficient (Wildman–Crippen LogP) is 3.02. The van der Waals surface area contributed by atoms with E-state index in [1.165, 1.54) is 34.4 Å². The fourth-order valence-corrected chi connectivity index (χ4v) is 4.33. The molecule has 0 saturated carbocycles. The van der Waals surface area contributed by atoms with E-state index in [1.54, 1.807) is 4.90 Å². The van der Waals surface area contributed by atoms with Gasteiger partial charge in [-0.05, 0) is 42.5 Å². The Labute approximate surface area is 171 Å². The van der Waals surface area contributed by atoms with Crippen LogP contribution < -0.4 is 10.2 Å². The molecule has 2 aliphatic rings. The number of thiophene rings is 1. The summed E-state index contributed by atoms with van der Waals surface area (Å²) in [6.45, 7) is 0.982. The van der Waals surface area contributed by atoms with E-state index in [0.717, 1.165) is 11.3 Å². The van der Waals surface area contributed by atoms with Gasteiger partial charge in [0.15, 0.2) is 0 Å².